The number of hydrogen-bond acceptors (Lipinski definition) is 5. The molecule has 0 spiro atoms. The van der Waals surface area contributed by atoms with E-state index in [0.29, 0.717) is 5.76 Å². The zero-order chi connectivity index (χ0) is 12.3. The Bertz CT molecular complexity index is 491. The van der Waals surface area contributed by atoms with Crippen LogP contribution in [0.1, 0.15) is 25.5 Å². The number of hydrogen-bond donors (Lipinski definition) is 0. The van der Waals surface area contributed by atoms with Crippen molar-refractivity contribution in [2.24, 2.45) is 7.05 Å². The predicted molar refractivity (Wildman–Crippen MR) is 66.9 cm³/mol. The van der Waals surface area contributed by atoms with Gasteiger partial charge < -0.3 is 8.98 Å². The fraction of sp³-hybridized carbons (Fsp3) is 0.545. The smallest absolute Gasteiger partial charge is 0.202 e. The lowest BCUT2D eigenvalue weighted by molar-refractivity contribution is 0.562. The predicted octanol–water partition coefficient (Wildman–Crippen LogP) is 2.67. The van der Waals surface area contributed by atoms with Crippen molar-refractivity contribution in [1.82, 2.24) is 19.7 Å². The van der Waals surface area contributed by atoms with Gasteiger partial charge in [-0.05, 0) is 13.3 Å². The molecule has 0 atom stereocenters. The Hall–Kier alpha value is -1.30. The summed E-state index contributed by atoms with van der Waals surface area (Å²) in [4.78, 5) is 4.06. The summed E-state index contributed by atoms with van der Waals surface area (Å²) in [6.45, 7) is 4.08. The van der Waals surface area contributed by atoms with E-state index >= 15 is 0 Å². The Kier molecular flexibility index (Phi) is 3.83. The molecular formula is C11H16N4OS. The summed E-state index contributed by atoms with van der Waals surface area (Å²) in [6.07, 6.45) is 3.82. The van der Waals surface area contributed by atoms with Gasteiger partial charge in [0.1, 0.15) is 0 Å². The van der Waals surface area contributed by atoms with Gasteiger partial charge in [0.2, 0.25) is 5.82 Å². The van der Waals surface area contributed by atoms with Crippen molar-refractivity contribution < 1.29 is 4.42 Å². The lowest BCUT2D eigenvalue weighted by Crippen LogP contribution is -1.95. The molecule has 0 bridgehead atoms. The Morgan fingerprint density at radius 1 is 1.41 bits per heavy atom. The highest BCUT2D eigenvalue weighted by Gasteiger charge is 2.16. The molecule has 0 unspecified atom stereocenters. The first-order valence-corrected chi connectivity index (χ1v) is 6.65. The fourth-order valence-corrected chi connectivity index (χ4v) is 2.46. The number of thioether (sulfide) groups is 1. The zero-order valence-electron chi connectivity index (χ0n) is 10.3. The van der Waals surface area contributed by atoms with Crippen molar-refractivity contribution in [2.45, 2.75) is 31.8 Å². The maximum Gasteiger partial charge on any atom is 0.202 e. The van der Waals surface area contributed by atoms with Crippen LogP contribution in [-0.4, -0.2) is 25.5 Å². The minimum atomic E-state index is 0.697. The molecule has 0 aromatic carbocycles. The normalized spacial score (nSPS) is 11.0. The summed E-state index contributed by atoms with van der Waals surface area (Å²) < 4.78 is 7.28. The van der Waals surface area contributed by atoms with Crippen molar-refractivity contribution in [1.29, 1.82) is 0 Å². The van der Waals surface area contributed by atoms with Crippen LogP contribution in [0, 0.1) is 6.92 Å². The van der Waals surface area contributed by atoms with Crippen LogP contribution in [0.25, 0.3) is 11.6 Å². The molecule has 0 aliphatic carbocycles. The van der Waals surface area contributed by atoms with E-state index in [1.54, 1.807) is 11.8 Å². The summed E-state index contributed by atoms with van der Waals surface area (Å²) in [6, 6.07) is 0. The monoisotopic (exact) mass is 252 g/mol. The van der Waals surface area contributed by atoms with Gasteiger partial charge in [-0.25, -0.2) is 4.98 Å². The number of nitrogens with zero attached hydrogens (tertiary/aromatic N) is 4. The van der Waals surface area contributed by atoms with Gasteiger partial charge in [-0.1, -0.05) is 25.1 Å². The van der Waals surface area contributed by atoms with E-state index in [-0.39, 0.29) is 0 Å². The van der Waals surface area contributed by atoms with Crippen LogP contribution in [0.3, 0.4) is 0 Å². The van der Waals surface area contributed by atoms with Crippen molar-refractivity contribution in [3.05, 3.63) is 12.1 Å². The maximum absolute atomic E-state index is 5.33. The van der Waals surface area contributed by atoms with Crippen LogP contribution in [-0.2, 0) is 7.05 Å². The SMILES string of the molecule is CCCCSc1nnc(-c2ocnc2C)n1C. The highest BCUT2D eigenvalue weighted by Crippen LogP contribution is 2.24. The highest BCUT2D eigenvalue weighted by atomic mass is 32.2. The quantitative estimate of drug-likeness (QED) is 0.605. The highest BCUT2D eigenvalue weighted by molar-refractivity contribution is 7.99. The number of unbranched alkanes of at least 4 members (excludes halogenated alkanes) is 1. The number of aryl methyl sites for hydroxylation is 1. The standard InChI is InChI=1S/C11H16N4OS/c1-4-5-6-17-11-14-13-10(15(11)3)9-8(2)12-7-16-9/h7H,4-6H2,1-3H3. The average Bonchev–Trinajstić information content (AvgIpc) is 2.87. The Morgan fingerprint density at radius 3 is 2.88 bits per heavy atom. The van der Waals surface area contributed by atoms with Gasteiger partial charge >= 0.3 is 0 Å². The fourth-order valence-electron chi connectivity index (χ4n) is 1.46. The van der Waals surface area contributed by atoms with Crippen LogP contribution in [0.2, 0.25) is 0 Å². The Morgan fingerprint density at radius 2 is 2.24 bits per heavy atom. The van der Waals surface area contributed by atoms with Crippen LogP contribution in [0.4, 0.5) is 0 Å². The second kappa shape index (κ2) is 5.35. The summed E-state index contributed by atoms with van der Waals surface area (Å²) in [5, 5.41) is 9.25. The van der Waals surface area contributed by atoms with Crippen LogP contribution in [0.5, 0.6) is 0 Å². The first kappa shape index (κ1) is 12.2. The third-order valence-electron chi connectivity index (χ3n) is 2.51. The van der Waals surface area contributed by atoms with Gasteiger partial charge in [-0.3, -0.25) is 0 Å². The Labute approximate surface area is 105 Å². The molecule has 2 heterocycles. The van der Waals surface area contributed by atoms with Crippen LogP contribution >= 0.6 is 11.8 Å². The number of aromatic nitrogens is 4. The van der Waals surface area contributed by atoms with E-state index in [1.165, 1.54) is 19.2 Å². The summed E-state index contributed by atoms with van der Waals surface area (Å²) >= 11 is 1.72. The second-order valence-corrected chi connectivity index (χ2v) is 4.90. The molecule has 5 nitrogen and oxygen atoms in total. The van der Waals surface area contributed by atoms with Crippen molar-refractivity contribution >= 4 is 11.8 Å². The van der Waals surface area contributed by atoms with Gasteiger partial charge in [0, 0.05) is 12.8 Å². The average molecular weight is 252 g/mol. The minimum absolute atomic E-state index is 0.697. The number of oxazole rings is 1. The van der Waals surface area contributed by atoms with E-state index in [9.17, 15) is 0 Å². The molecule has 17 heavy (non-hydrogen) atoms. The Balaban J connectivity index is 2.18. The van der Waals surface area contributed by atoms with Crippen LogP contribution in [0.15, 0.2) is 16.0 Å². The molecule has 2 aromatic rings. The van der Waals surface area contributed by atoms with E-state index in [2.05, 4.69) is 22.1 Å². The second-order valence-electron chi connectivity index (χ2n) is 3.83. The zero-order valence-corrected chi connectivity index (χ0v) is 11.1. The molecule has 2 rings (SSSR count). The first-order valence-electron chi connectivity index (χ1n) is 5.66. The van der Waals surface area contributed by atoms with Gasteiger partial charge in [0.15, 0.2) is 17.3 Å². The number of rotatable bonds is 5. The largest absolute Gasteiger partial charge is 0.440 e. The molecule has 0 radical (unpaired) electrons. The lowest BCUT2D eigenvalue weighted by atomic mass is 10.3. The summed E-state index contributed by atoms with van der Waals surface area (Å²) in [5.41, 5.74) is 0.839. The van der Waals surface area contributed by atoms with Gasteiger partial charge in [0.05, 0.1) is 5.69 Å². The summed E-state index contributed by atoms with van der Waals surface area (Å²) in [5.74, 6) is 2.50. The molecule has 0 saturated carbocycles. The maximum atomic E-state index is 5.33. The molecule has 0 fully saturated rings. The van der Waals surface area contributed by atoms with Crippen molar-refractivity contribution in [3.8, 4) is 11.6 Å². The third kappa shape index (κ3) is 2.52. The van der Waals surface area contributed by atoms with E-state index in [0.717, 1.165) is 22.4 Å². The molecule has 0 aliphatic heterocycles. The van der Waals surface area contributed by atoms with Gasteiger partial charge in [-0.15, -0.1) is 10.2 Å². The van der Waals surface area contributed by atoms with Gasteiger partial charge in [-0.2, -0.15) is 0 Å². The minimum Gasteiger partial charge on any atom is -0.440 e. The van der Waals surface area contributed by atoms with Crippen molar-refractivity contribution in [2.75, 3.05) is 5.75 Å². The van der Waals surface area contributed by atoms with E-state index in [4.69, 9.17) is 4.42 Å². The molecule has 6 heteroatoms. The van der Waals surface area contributed by atoms with Crippen molar-refractivity contribution in [3.63, 3.8) is 0 Å². The molecule has 0 saturated heterocycles. The molecule has 0 aliphatic rings. The van der Waals surface area contributed by atoms with E-state index < -0.39 is 0 Å². The van der Waals surface area contributed by atoms with Crippen LogP contribution < -0.4 is 0 Å². The third-order valence-corrected chi connectivity index (χ3v) is 3.62. The molecular weight excluding hydrogens is 236 g/mol. The first-order chi connectivity index (χ1) is 8.24. The summed E-state index contributed by atoms with van der Waals surface area (Å²) in [7, 11) is 1.95. The van der Waals surface area contributed by atoms with Gasteiger partial charge in [0.25, 0.3) is 0 Å². The topological polar surface area (TPSA) is 56.7 Å². The van der Waals surface area contributed by atoms with E-state index in [1.807, 2.05) is 18.5 Å². The molecule has 0 amide bonds. The molecule has 92 valence electrons. The lowest BCUT2D eigenvalue weighted by Gasteiger charge is -2.01. The molecule has 2 aromatic heterocycles. The molecule has 0 N–H and O–H groups in total.